The lowest BCUT2D eigenvalue weighted by atomic mass is 10.1. The molecule has 1 N–H and O–H groups in total. The Balaban J connectivity index is 1.70. The van der Waals surface area contributed by atoms with E-state index in [1.807, 2.05) is 0 Å². The highest BCUT2D eigenvalue weighted by Crippen LogP contribution is 2.39. The van der Waals surface area contributed by atoms with Gasteiger partial charge in [-0.25, -0.2) is 0 Å². The van der Waals surface area contributed by atoms with Crippen LogP contribution in [0.1, 0.15) is 29.9 Å². The molecule has 0 unspecified atom stereocenters. The lowest BCUT2D eigenvalue weighted by Crippen LogP contribution is -2.12. The molecule has 1 aliphatic rings. The van der Waals surface area contributed by atoms with Crippen molar-refractivity contribution in [3.8, 4) is 0 Å². The van der Waals surface area contributed by atoms with Crippen molar-refractivity contribution in [1.29, 1.82) is 0 Å². The first-order valence-corrected chi connectivity index (χ1v) is 8.22. The normalized spacial score (nSPS) is 14.0. The van der Waals surface area contributed by atoms with E-state index in [4.69, 9.17) is 0 Å². The second-order valence-corrected chi connectivity index (χ2v) is 6.84. The summed E-state index contributed by atoms with van der Waals surface area (Å²) >= 11 is 3.55. The molecule has 21 heavy (non-hydrogen) atoms. The standard InChI is InChI=1S/C18H21BrN2/c1-21(2)18-10-9-16(19)11-17(18)20-12-13-3-5-14(6-4-13)15-7-8-15/h3-6,9-11,15,20H,7-8,12H2,1-2H3. The van der Waals surface area contributed by atoms with Crippen LogP contribution in [0.4, 0.5) is 11.4 Å². The largest absolute Gasteiger partial charge is 0.379 e. The molecule has 0 aliphatic heterocycles. The monoisotopic (exact) mass is 344 g/mol. The predicted molar refractivity (Wildman–Crippen MR) is 94.2 cm³/mol. The molecule has 110 valence electrons. The summed E-state index contributed by atoms with van der Waals surface area (Å²) in [6, 6.07) is 15.4. The van der Waals surface area contributed by atoms with Crippen molar-refractivity contribution < 1.29 is 0 Å². The van der Waals surface area contributed by atoms with Gasteiger partial charge in [0.2, 0.25) is 0 Å². The maximum Gasteiger partial charge on any atom is 0.0597 e. The smallest absolute Gasteiger partial charge is 0.0597 e. The van der Waals surface area contributed by atoms with Crippen molar-refractivity contribution in [1.82, 2.24) is 0 Å². The SMILES string of the molecule is CN(C)c1ccc(Br)cc1NCc1ccc(C2CC2)cc1. The molecule has 3 rings (SSSR count). The molecule has 2 nitrogen and oxygen atoms in total. The van der Waals surface area contributed by atoms with E-state index in [0.717, 1.165) is 22.6 Å². The van der Waals surface area contributed by atoms with Crippen LogP contribution in [0.2, 0.25) is 0 Å². The van der Waals surface area contributed by atoms with Crippen molar-refractivity contribution in [3.05, 3.63) is 58.1 Å². The zero-order valence-corrected chi connectivity index (χ0v) is 14.2. The van der Waals surface area contributed by atoms with Crippen LogP contribution < -0.4 is 10.2 Å². The van der Waals surface area contributed by atoms with Gasteiger partial charge in [0.1, 0.15) is 0 Å². The third kappa shape index (κ3) is 3.59. The average Bonchev–Trinajstić information content (AvgIpc) is 3.30. The molecule has 2 aromatic carbocycles. The third-order valence-electron chi connectivity index (χ3n) is 3.95. The molecule has 0 atom stereocenters. The Kier molecular flexibility index (Phi) is 4.20. The quantitative estimate of drug-likeness (QED) is 0.820. The zero-order chi connectivity index (χ0) is 14.8. The molecule has 0 aromatic heterocycles. The van der Waals surface area contributed by atoms with Crippen LogP contribution in [-0.4, -0.2) is 14.1 Å². The van der Waals surface area contributed by atoms with Gasteiger partial charge in [-0.05, 0) is 48.1 Å². The minimum absolute atomic E-state index is 0.831. The summed E-state index contributed by atoms with van der Waals surface area (Å²) in [4.78, 5) is 2.13. The van der Waals surface area contributed by atoms with Gasteiger partial charge in [-0.2, -0.15) is 0 Å². The Hall–Kier alpha value is -1.48. The Morgan fingerprint density at radius 3 is 2.43 bits per heavy atom. The van der Waals surface area contributed by atoms with Gasteiger partial charge >= 0.3 is 0 Å². The van der Waals surface area contributed by atoms with Crippen molar-refractivity contribution in [2.75, 3.05) is 24.3 Å². The summed E-state index contributed by atoms with van der Waals surface area (Å²) in [7, 11) is 4.14. The van der Waals surface area contributed by atoms with E-state index < -0.39 is 0 Å². The van der Waals surface area contributed by atoms with Crippen molar-refractivity contribution >= 4 is 27.3 Å². The highest BCUT2D eigenvalue weighted by molar-refractivity contribution is 9.10. The minimum Gasteiger partial charge on any atom is -0.379 e. The van der Waals surface area contributed by atoms with E-state index in [1.165, 1.54) is 29.7 Å². The number of nitrogens with one attached hydrogen (secondary N) is 1. The van der Waals surface area contributed by atoms with E-state index >= 15 is 0 Å². The molecule has 0 heterocycles. The van der Waals surface area contributed by atoms with Crippen molar-refractivity contribution in [3.63, 3.8) is 0 Å². The fourth-order valence-electron chi connectivity index (χ4n) is 2.56. The first kappa shape index (κ1) is 14.5. The summed E-state index contributed by atoms with van der Waals surface area (Å²) in [6.07, 6.45) is 2.73. The summed E-state index contributed by atoms with van der Waals surface area (Å²) < 4.78 is 1.10. The topological polar surface area (TPSA) is 15.3 Å². The fraction of sp³-hybridized carbons (Fsp3) is 0.333. The highest BCUT2D eigenvalue weighted by Gasteiger charge is 2.22. The van der Waals surface area contributed by atoms with Crippen LogP contribution in [0.3, 0.4) is 0 Å². The Morgan fingerprint density at radius 1 is 1.10 bits per heavy atom. The molecular formula is C18H21BrN2. The molecule has 0 bridgehead atoms. The lowest BCUT2D eigenvalue weighted by molar-refractivity contribution is 1.08. The first-order chi connectivity index (χ1) is 10.1. The summed E-state index contributed by atoms with van der Waals surface area (Å²) in [5.41, 5.74) is 5.17. The number of anilines is 2. The zero-order valence-electron chi connectivity index (χ0n) is 12.6. The highest BCUT2D eigenvalue weighted by atomic mass is 79.9. The van der Waals surface area contributed by atoms with E-state index in [-0.39, 0.29) is 0 Å². The molecular weight excluding hydrogens is 324 g/mol. The summed E-state index contributed by atoms with van der Waals surface area (Å²) in [5.74, 6) is 0.831. The Labute approximate surface area is 135 Å². The minimum atomic E-state index is 0.831. The van der Waals surface area contributed by atoms with Gasteiger partial charge in [-0.15, -0.1) is 0 Å². The number of nitrogens with zero attached hydrogens (tertiary/aromatic N) is 1. The van der Waals surface area contributed by atoms with Gasteiger partial charge in [0.25, 0.3) is 0 Å². The van der Waals surface area contributed by atoms with E-state index in [9.17, 15) is 0 Å². The van der Waals surface area contributed by atoms with E-state index in [1.54, 1.807) is 0 Å². The molecule has 1 saturated carbocycles. The molecule has 1 aliphatic carbocycles. The van der Waals surface area contributed by atoms with E-state index in [0.29, 0.717) is 0 Å². The predicted octanol–water partition coefficient (Wildman–Crippen LogP) is 5.00. The van der Waals surface area contributed by atoms with E-state index in [2.05, 4.69) is 82.7 Å². The molecule has 1 fully saturated rings. The molecule has 0 amide bonds. The molecule has 2 aromatic rings. The Bertz CT molecular complexity index is 616. The van der Waals surface area contributed by atoms with Crippen LogP contribution in [0.15, 0.2) is 46.9 Å². The molecule has 0 radical (unpaired) electrons. The van der Waals surface area contributed by atoms with Crippen LogP contribution in [-0.2, 0) is 6.54 Å². The van der Waals surface area contributed by atoms with Crippen LogP contribution >= 0.6 is 15.9 Å². The van der Waals surface area contributed by atoms with Gasteiger partial charge in [-0.3, -0.25) is 0 Å². The molecule has 0 spiro atoms. The van der Waals surface area contributed by atoms with Crippen molar-refractivity contribution in [2.24, 2.45) is 0 Å². The summed E-state index contributed by atoms with van der Waals surface area (Å²) in [6.45, 7) is 0.849. The second-order valence-electron chi connectivity index (χ2n) is 5.93. The Morgan fingerprint density at radius 2 is 1.81 bits per heavy atom. The number of halogens is 1. The van der Waals surface area contributed by atoms with Gasteiger partial charge in [0.15, 0.2) is 0 Å². The second kappa shape index (κ2) is 6.10. The first-order valence-electron chi connectivity index (χ1n) is 7.43. The lowest BCUT2D eigenvalue weighted by Gasteiger charge is -2.19. The maximum atomic E-state index is 3.55. The molecule has 0 saturated heterocycles. The number of hydrogen-bond donors (Lipinski definition) is 1. The average molecular weight is 345 g/mol. The number of hydrogen-bond acceptors (Lipinski definition) is 2. The maximum absolute atomic E-state index is 3.55. The summed E-state index contributed by atoms with van der Waals surface area (Å²) in [5, 5.41) is 3.54. The molecule has 3 heteroatoms. The van der Waals surface area contributed by atoms with Gasteiger partial charge < -0.3 is 10.2 Å². The van der Waals surface area contributed by atoms with Gasteiger partial charge in [-0.1, -0.05) is 40.2 Å². The third-order valence-corrected chi connectivity index (χ3v) is 4.45. The van der Waals surface area contributed by atoms with Crippen LogP contribution in [0.5, 0.6) is 0 Å². The number of benzene rings is 2. The van der Waals surface area contributed by atoms with Crippen LogP contribution in [0, 0.1) is 0 Å². The van der Waals surface area contributed by atoms with Gasteiger partial charge in [0, 0.05) is 25.1 Å². The fourth-order valence-corrected chi connectivity index (χ4v) is 2.92. The van der Waals surface area contributed by atoms with Crippen LogP contribution in [0.25, 0.3) is 0 Å². The van der Waals surface area contributed by atoms with Crippen molar-refractivity contribution in [2.45, 2.75) is 25.3 Å². The van der Waals surface area contributed by atoms with Gasteiger partial charge in [0.05, 0.1) is 11.4 Å². The number of rotatable bonds is 5.